The maximum absolute atomic E-state index is 12.6. The Bertz CT molecular complexity index is 1540. The average molecular weight is 565 g/mol. The molecule has 0 radical (unpaired) electrons. The number of hydrogen-bond acceptors (Lipinski definition) is 6. The van der Waals surface area contributed by atoms with Crippen molar-refractivity contribution in [2.24, 2.45) is 0 Å². The van der Waals surface area contributed by atoms with Crippen LogP contribution in [0.2, 0.25) is 0 Å². The van der Waals surface area contributed by atoms with Crippen molar-refractivity contribution in [2.75, 3.05) is 19.1 Å². The summed E-state index contributed by atoms with van der Waals surface area (Å²) in [5, 5.41) is 2.11. The van der Waals surface area contributed by atoms with E-state index in [1.165, 1.54) is 7.11 Å². The predicted molar refractivity (Wildman–Crippen MR) is 159 cm³/mol. The molecule has 4 aromatic rings. The fourth-order valence-electron chi connectivity index (χ4n) is 4.93. The molecule has 2 fully saturated rings. The van der Waals surface area contributed by atoms with Gasteiger partial charge in [0.05, 0.1) is 26.0 Å². The number of methoxy groups -OCH3 is 2. The van der Waals surface area contributed by atoms with E-state index in [0.717, 1.165) is 39.4 Å². The van der Waals surface area contributed by atoms with E-state index in [2.05, 4.69) is 34.3 Å². The molecule has 8 nitrogen and oxygen atoms in total. The molecule has 1 N–H and O–H groups in total. The Morgan fingerprint density at radius 3 is 2.02 bits per heavy atom. The van der Waals surface area contributed by atoms with Gasteiger partial charge < -0.3 is 19.1 Å². The van der Waals surface area contributed by atoms with Gasteiger partial charge >= 0.3 is 0 Å². The zero-order chi connectivity index (χ0) is 29.5. The molecule has 42 heavy (non-hydrogen) atoms. The maximum atomic E-state index is 12.6. The van der Waals surface area contributed by atoms with E-state index in [-0.39, 0.29) is 30.2 Å². The Morgan fingerprint density at radius 1 is 0.786 bits per heavy atom. The lowest BCUT2D eigenvalue weighted by Gasteiger charge is -2.41. The number of carbonyl (C=O) groups is 3. The van der Waals surface area contributed by atoms with Crippen molar-refractivity contribution in [3.63, 3.8) is 0 Å². The van der Waals surface area contributed by atoms with Crippen molar-refractivity contribution < 1.29 is 28.6 Å². The molecule has 0 aromatic heterocycles. The van der Waals surface area contributed by atoms with Gasteiger partial charge in [-0.05, 0) is 41.0 Å². The Morgan fingerprint density at radius 2 is 1.45 bits per heavy atom. The number of rotatable bonds is 8. The zero-order valence-electron chi connectivity index (χ0n) is 23.5. The fraction of sp³-hybridized carbons (Fsp3) is 0.206. The number of amides is 3. The molecule has 2 heterocycles. The summed E-state index contributed by atoms with van der Waals surface area (Å²) in [5.74, 6) is 0.986. The highest BCUT2D eigenvalue weighted by atomic mass is 16.5. The van der Waals surface area contributed by atoms with E-state index in [4.69, 9.17) is 9.47 Å². The minimum Gasteiger partial charge on any atom is -0.497 e. The maximum Gasteiger partial charge on any atom is 0.256 e. The summed E-state index contributed by atoms with van der Waals surface area (Å²) in [6.45, 7) is 0.452. The van der Waals surface area contributed by atoms with Gasteiger partial charge in [-0.3, -0.25) is 19.7 Å². The Kier molecular flexibility index (Phi) is 8.94. The second-order valence-corrected chi connectivity index (χ2v) is 9.92. The van der Waals surface area contributed by atoms with Crippen LogP contribution in [0, 0.1) is 0 Å². The predicted octanol–water partition coefficient (Wildman–Crippen LogP) is 5.47. The van der Waals surface area contributed by atoms with Crippen LogP contribution in [-0.2, 0) is 25.7 Å². The highest BCUT2D eigenvalue weighted by Crippen LogP contribution is 2.43. The minimum atomic E-state index is -0.558. The summed E-state index contributed by atoms with van der Waals surface area (Å²) in [5.41, 5.74) is 5.24. The van der Waals surface area contributed by atoms with Crippen molar-refractivity contribution in [2.45, 2.75) is 31.6 Å². The highest BCUT2D eigenvalue weighted by molar-refractivity contribution is 6.05. The lowest BCUT2D eigenvalue weighted by molar-refractivity contribution is -0.128. The van der Waals surface area contributed by atoms with Crippen LogP contribution in [0.25, 0.3) is 11.1 Å². The van der Waals surface area contributed by atoms with Crippen LogP contribution in [0.15, 0.2) is 103 Å². The molecule has 2 aliphatic rings. The first-order chi connectivity index (χ1) is 20.5. The second kappa shape index (κ2) is 13.1. The summed E-state index contributed by atoms with van der Waals surface area (Å²) in [6, 6.07) is 34.2. The molecule has 0 aliphatic carbocycles. The number of anilines is 1. The quantitative estimate of drug-likeness (QED) is 0.225. The standard InChI is InChI=1S/C29H25NO3.C5H7NO3/c1-32-25-16-17-26(28(18-25)33-20-21-8-4-2-5-9-21)27-19-29(31)30(27)24-14-12-23(13-15-24)22-10-6-3-7-11-22;1-9-3-2-4(7)6-5(3)8/h2-18,27H,19-20H2,1H3;3H,2H2,1H3,(H,6,7,8). The molecule has 2 unspecified atom stereocenters. The van der Waals surface area contributed by atoms with Gasteiger partial charge in [-0.1, -0.05) is 72.8 Å². The molecule has 2 aliphatic heterocycles. The molecule has 6 rings (SSSR count). The topological polar surface area (TPSA) is 94.2 Å². The van der Waals surface area contributed by atoms with Gasteiger partial charge in [0.1, 0.15) is 24.2 Å². The third-order valence-electron chi connectivity index (χ3n) is 7.23. The van der Waals surface area contributed by atoms with E-state index in [9.17, 15) is 14.4 Å². The summed E-state index contributed by atoms with van der Waals surface area (Å²) in [6.07, 6.45) is 0.0570. The number of hydrogen-bond donors (Lipinski definition) is 1. The van der Waals surface area contributed by atoms with Gasteiger partial charge in [-0.15, -0.1) is 0 Å². The molecule has 0 bridgehead atoms. The van der Waals surface area contributed by atoms with Crippen molar-refractivity contribution in [3.05, 3.63) is 114 Å². The van der Waals surface area contributed by atoms with Gasteiger partial charge in [0, 0.05) is 24.4 Å². The van der Waals surface area contributed by atoms with Crippen molar-refractivity contribution in [1.82, 2.24) is 5.32 Å². The Labute approximate surface area is 244 Å². The van der Waals surface area contributed by atoms with Crippen molar-refractivity contribution in [3.8, 4) is 22.6 Å². The largest absolute Gasteiger partial charge is 0.497 e. The molecule has 4 aromatic carbocycles. The SMILES string of the molecule is COC1CC(=O)NC1=O.COc1ccc(C2CC(=O)N2c2ccc(-c3ccccc3)cc2)c(OCc2ccccc2)c1. The van der Waals surface area contributed by atoms with Crippen LogP contribution in [0.3, 0.4) is 0 Å². The summed E-state index contributed by atoms with van der Waals surface area (Å²) in [7, 11) is 3.05. The number of carbonyl (C=O) groups excluding carboxylic acids is 3. The van der Waals surface area contributed by atoms with E-state index < -0.39 is 6.10 Å². The minimum absolute atomic E-state index is 0.0724. The van der Waals surface area contributed by atoms with Crippen molar-refractivity contribution in [1.29, 1.82) is 0 Å². The monoisotopic (exact) mass is 564 g/mol. The van der Waals surface area contributed by atoms with Crippen LogP contribution in [0.4, 0.5) is 5.69 Å². The van der Waals surface area contributed by atoms with E-state index >= 15 is 0 Å². The Hall–Kier alpha value is -4.95. The molecule has 0 saturated carbocycles. The molecule has 0 spiro atoms. The van der Waals surface area contributed by atoms with E-state index in [1.807, 2.05) is 83.8 Å². The van der Waals surface area contributed by atoms with Gasteiger partial charge in [0.2, 0.25) is 11.8 Å². The lowest BCUT2D eigenvalue weighted by atomic mass is 9.91. The summed E-state index contributed by atoms with van der Waals surface area (Å²) >= 11 is 0. The summed E-state index contributed by atoms with van der Waals surface area (Å²) in [4.78, 5) is 35.5. The zero-order valence-corrected chi connectivity index (χ0v) is 23.5. The van der Waals surface area contributed by atoms with Gasteiger partial charge in [-0.25, -0.2) is 0 Å². The van der Waals surface area contributed by atoms with Crippen LogP contribution >= 0.6 is 0 Å². The smallest absolute Gasteiger partial charge is 0.256 e. The first-order valence-electron chi connectivity index (χ1n) is 13.7. The number of nitrogens with one attached hydrogen (secondary N) is 1. The van der Waals surface area contributed by atoms with Crippen LogP contribution in [0.5, 0.6) is 11.5 Å². The van der Waals surface area contributed by atoms with E-state index in [1.54, 1.807) is 7.11 Å². The third-order valence-corrected chi connectivity index (χ3v) is 7.23. The molecule has 2 saturated heterocycles. The number of imide groups is 1. The first-order valence-corrected chi connectivity index (χ1v) is 13.7. The third kappa shape index (κ3) is 6.50. The number of nitrogens with zero attached hydrogens (tertiary/aromatic N) is 1. The van der Waals surface area contributed by atoms with Gasteiger partial charge in [0.15, 0.2) is 0 Å². The number of β-lactam (4-membered cyclic amide) rings is 1. The molecule has 214 valence electrons. The van der Waals surface area contributed by atoms with Crippen molar-refractivity contribution >= 4 is 23.4 Å². The van der Waals surface area contributed by atoms with Gasteiger partial charge in [0.25, 0.3) is 5.91 Å². The van der Waals surface area contributed by atoms with Gasteiger partial charge in [-0.2, -0.15) is 0 Å². The normalized spacial score (nSPS) is 17.6. The van der Waals surface area contributed by atoms with Crippen LogP contribution < -0.4 is 19.7 Å². The molecule has 3 amide bonds. The Balaban J connectivity index is 0.000000336. The van der Waals surface area contributed by atoms with Crippen LogP contribution in [-0.4, -0.2) is 38.0 Å². The molecular weight excluding hydrogens is 532 g/mol. The first kappa shape index (κ1) is 28.6. The second-order valence-electron chi connectivity index (χ2n) is 9.92. The summed E-state index contributed by atoms with van der Waals surface area (Å²) < 4.78 is 16.3. The average Bonchev–Trinajstić information content (AvgIpc) is 3.36. The molecule has 2 atom stereocenters. The number of ether oxygens (including phenoxy) is 3. The highest BCUT2D eigenvalue weighted by Gasteiger charge is 2.40. The van der Waals surface area contributed by atoms with E-state index in [0.29, 0.717) is 13.0 Å². The molecular formula is C34H32N2O6. The lowest BCUT2D eigenvalue weighted by Crippen LogP contribution is -2.46. The van der Waals surface area contributed by atoms with Crippen LogP contribution in [0.1, 0.15) is 30.0 Å². The molecule has 8 heteroatoms. The number of benzene rings is 4. The fourth-order valence-corrected chi connectivity index (χ4v) is 4.93.